The predicted molar refractivity (Wildman–Crippen MR) is 235 cm³/mol. The van der Waals surface area contributed by atoms with Crippen LogP contribution in [0, 0.1) is 29.1 Å². The van der Waals surface area contributed by atoms with Crippen molar-refractivity contribution in [2.24, 2.45) is 29.1 Å². The Bertz CT molecular complexity index is 1430. The summed E-state index contributed by atoms with van der Waals surface area (Å²) in [5.41, 5.74) is 0.663. The minimum Gasteiger partial charge on any atom is -0.461 e. The first-order valence-electron chi connectivity index (χ1n) is 21.8. The molecule has 4 N–H and O–H groups in total. The summed E-state index contributed by atoms with van der Waals surface area (Å²) in [4.78, 5) is 37.7. The van der Waals surface area contributed by atoms with Crippen LogP contribution in [0.3, 0.4) is 0 Å². The molecule has 8 heteroatoms. The van der Waals surface area contributed by atoms with Gasteiger partial charge in [0, 0.05) is 25.4 Å². The molecule has 0 aromatic rings. The van der Waals surface area contributed by atoms with Gasteiger partial charge in [-0.15, -0.1) is 0 Å². The second-order valence-corrected chi connectivity index (χ2v) is 16.4. The topological polar surface area (TPSA) is 125 Å². The zero-order valence-electron chi connectivity index (χ0n) is 36.0. The number of rotatable bonds is 27. The number of aliphatic hydroxyl groups is 2. The monoisotopic (exact) mass is 789 g/mol. The molecule has 0 aromatic heterocycles. The van der Waals surface area contributed by atoms with Crippen molar-refractivity contribution in [3.05, 3.63) is 96.7 Å². The highest BCUT2D eigenvalue weighted by molar-refractivity contribution is 5.77. The number of hydrogen-bond acceptors (Lipinski definition) is 6. The number of esters is 1. The van der Waals surface area contributed by atoms with E-state index >= 15 is 0 Å². The fraction of sp³-hybridized carbons (Fsp3) is 0.612. The van der Waals surface area contributed by atoms with Crippen molar-refractivity contribution in [1.29, 1.82) is 0 Å². The molecule has 0 aliphatic heterocycles. The highest BCUT2D eigenvalue weighted by Crippen LogP contribution is 2.45. The molecule has 0 heterocycles. The molecular weight excluding hydrogens is 713 g/mol. The summed E-state index contributed by atoms with van der Waals surface area (Å²) < 4.78 is 6.20. The Morgan fingerprint density at radius 1 is 0.807 bits per heavy atom. The van der Waals surface area contributed by atoms with Gasteiger partial charge in [-0.25, -0.2) is 0 Å². The molecule has 0 fully saturated rings. The van der Waals surface area contributed by atoms with Gasteiger partial charge in [-0.2, -0.15) is 0 Å². The standard InChI is InChI=1S/C49H76N2O6/c1-7-9-10-11-12-13-14-15-16-17-18-19-20-21-22-23-24-25-26-27-45(54)50-32-33-51-46(55)37-42(53)36-41(52)30-31-43-39(4)28-29-40-34-38(3)35-44(47(40)43)57-48(56)49(5,6)8-2/h9-10,12-13,15-16,18-19,21-22,24-25,28-29,34,38-39,41-44,47,52-53H,7-8,11,14,17,20,23,26-27,30-33,35-37H2,1-6H3,(H,50,54)(H,51,55)/b10-9-,13-12-,16-15-,19-18-,22-21-,25-24-/t38-,39-,41-,42+,43-,44?,47?/m0/s1. The number of carbonyl (C=O) groups is 3. The summed E-state index contributed by atoms with van der Waals surface area (Å²) >= 11 is 0. The van der Waals surface area contributed by atoms with Gasteiger partial charge >= 0.3 is 5.97 Å². The molecule has 2 aliphatic carbocycles. The van der Waals surface area contributed by atoms with Crippen LogP contribution in [0.2, 0.25) is 0 Å². The molecule has 8 nitrogen and oxygen atoms in total. The quantitative estimate of drug-likeness (QED) is 0.0373. The summed E-state index contributed by atoms with van der Waals surface area (Å²) in [5, 5.41) is 27.0. The molecule has 2 aliphatic rings. The van der Waals surface area contributed by atoms with Crippen LogP contribution < -0.4 is 10.6 Å². The SMILES string of the molecule is CC/C=C\C/C=C\C/C=C\C/C=C\C/C=C\C/C=C\CCC(=O)NCCNC(=O)C[C@H](O)C[C@@H](O)CC[C@@H]1C2C(=C[C@H](C)CC2OC(=O)C(C)(C)CC)C=C[C@@H]1C. The van der Waals surface area contributed by atoms with Gasteiger partial charge in [-0.05, 0) is 114 Å². The van der Waals surface area contributed by atoms with Crippen LogP contribution in [0.4, 0.5) is 0 Å². The third kappa shape index (κ3) is 21.0. The van der Waals surface area contributed by atoms with Crippen LogP contribution in [-0.4, -0.2) is 59.4 Å². The van der Waals surface area contributed by atoms with Crippen LogP contribution in [0.25, 0.3) is 0 Å². The average Bonchev–Trinajstić information content (AvgIpc) is 3.16. The Morgan fingerprint density at radius 2 is 1.35 bits per heavy atom. The Morgan fingerprint density at radius 3 is 1.91 bits per heavy atom. The van der Waals surface area contributed by atoms with Gasteiger partial charge in [-0.3, -0.25) is 14.4 Å². The van der Waals surface area contributed by atoms with E-state index in [1.54, 1.807) is 0 Å². The van der Waals surface area contributed by atoms with Crippen molar-refractivity contribution in [3.8, 4) is 0 Å². The maximum atomic E-state index is 13.1. The third-order valence-corrected chi connectivity index (χ3v) is 11.0. The lowest BCUT2D eigenvalue weighted by Crippen LogP contribution is -2.43. The fourth-order valence-corrected chi connectivity index (χ4v) is 7.20. The molecule has 2 amide bonds. The van der Waals surface area contributed by atoms with Gasteiger partial charge in [0.1, 0.15) is 6.10 Å². The predicted octanol–water partition coefficient (Wildman–Crippen LogP) is 9.73. The maximum Gasteiger partial charge on any atom is 0.311 e. The first-order valence-corrected chi connectivity index (χ1v) is 21.8. The zero-order valence-corrected chi connectivity index (χ0v) is 36.0. The summed E-state index contributed by atoms with van der Waals surface area (Å²) in [6.07, 6.45) is 40.0. The van der Waals surface area contributed by atoms with Crippen molar-refractivity contribution in [1.82, 2.24) is 10.6 Å². The molecule has 0 aromatic carbocycles. The molecule has 57 heavy (non-hydrogen) atoms. The fourth-order valence-electron chi connectivity index (χ4n) is 7.20. The van der Waals surface area contributed by atoms with E-state index in [-0.39, 0.29) is 61.0 Å². The molecular formula is C49H76N2O6. The molecule has 0 spiro atoms. The van der Waals surface area contributed by atoms with E-state index in [0.29, 0.717) is 44.6 Å². The number of amides is 2. The van der Waals surface area contributed by atoms with Crippen molar-refractivity contribution in [2.45, 2.75) is 150 Å². The van der Waals surface area contributed by atoms with Crippen molar-refractivity contribution >= 4 is 17.8 Å². The Kier molecular flexibility index (Phi) is 24.8. The third-order valence-electron chi connectivity index (χ3n) is 11.0. The smallest absolute Gasteiger partial charge is 0.311 e. The molecule has 2 unspecified atom stereocenters. The van der Waals surface area contributed by atoms with E-state index in [9.17, 15) is 24.6 Å². The van der Waals surface area contributed by atoms with Gasteiger partial charge in [0.15, 0.2) is 0 Å². The van der Waals surface area contributed by atoms with Crippen LogP contribution >= 0.6 is 0 Å². The number of fused-ring (bicyclic) bond motifs is 1. The number of hydrogen-bond donors (Lipinski definition) is 4. The highest BCUT2D eigenvalue weighted by atomic mass is 16.5. The molecule has 0 saturated heterocycles. The van der Waals surface area contributed by atoms with Gasteiger partial charge < -0.3 is 25.6 Å². The number of carbonyl (C=O) groups excluding carboxylic acids is 3. The second kappa shape index (κ2) is 28.6. The van der Waals surface area contributed by atoms with Crippen molar-refractivity contribution in [2.75, 3.05) is 13.1 Å². The van der Waals surface area contributed by atoms with Gasteiger partial charge in [0.25, 0.3) is 0 Å². The average molecular weight is 789 g/mol. The summed E-state index contributed by atoms with van der Waals surface area (Å²) in [5.74, 6) is 0.254. The van der Waals surface area contributed by atoms with Crippen LogP contribution in [0.15, 0.2) is 96.7 Å². The zero-order chi connectivity index (χ0) is 41.9. The summed E-state index contributed by atoms with van der Waals surface area (Å²) in [6.45, 7) is 12.9. The first-order chi connectivity index (χ1) is 27.4. The molecule has 0 radical (unpaired) electrons. The van der Waals surface area contributed by atoms with E-state index in [0.717, 1.165) is 44.9 Å². The number of ether oxygens (including phenoxy) is 1. The lowest BCUT2D eigenvalue weighted by molar-refractivity contribution is -0.164. The maximum absolute atomic E-state index is 13.1. The van der Waals surface area contributed by atoms with Crippen molar-refractivity contribution in [3.63, 3.8) is 0 Å². The number of aliphatic hydroxyl groups excluding tert-OH is 2. The van der Waals surface area contributed by atoms with Crippen molar-refractivity contribution < 1.29 is 29.3 Å². The van der Waals surface area contributed by atoms with E-state index in [1.165, 1.54) is 5.57 Å². The molecule has 0 bridgehead atoms. The van der Waals surface area contributed by atoms with Crippen LogP contribution in [0.5, 0.6) is 0 Å². The normalized spacial score (nSPS) is 22.5. The lowest BCUT2D eigenvalue weighted by Gasteiger charge is -2.44. The van der Waals surface area contributed by atoms with Crippen LogP contribution in [-0.2, 0) is 19.1 Å². The van der Waals surface area contributed by atoms with E-state index < -0.39 is 17.6 Å². The minimum atomic E-state index is -0.976. The van der Waals surface area contributed by atoms with E-state index in [4.69, 9.17) is 4.74 Å². The summed E-state index contributed by atoms with van der Waals surface area (Å²) in [7, 11) is 0. The van der Waals surface area contributed by atoms with Gasteiger partial charge in [0.2, 0.25) is 11.8 Å². The molecule has 318 valence electrons. The van der Waals surface area contributed by atoms with Gasteiger partial charge in [0.05, 0.1) is 24.0 Å². The Balaban J connectivity index is 1.58. The summed E-state index contributed by atoms with van der Waals surface area (Å²) in [6, 6.07) is 0. The minimum absolute atomic E-state index is 0.0675. The van der Waals surface area contributed by atoms with E-state index in [2.05, 4.69) is 116 Å². The van der Waals surface area contributed by atoms with E-state index in [1.807, 2.05) is 26.8 Å². The molecule has 0 saturated carbocycles. The Hall–Kier alpha value is -3.75. The second-order valence-electron chi connectivity index (χ2n) is 16.4. The first kappa shape index (κ1) is 49.4. The van der Waals surface area contributed by atoms with Gasteiger partial charge in [-0.1, -0.05) is 119 Å². The highest BCUT2D eigenvalue weighted by Gasteiger charge is 2.43. The Labute approximate surface area is 345 Å². The number of allylic oxidation sites excluding steroid dienone is 15. The van der Waals surface area contributed by atoms with Crippen LogP contribution in [0.1, 0.15) is 131 Å². The largest absolute Gasteiger partial charge is 0.461 e. The molecule has 2 rings (SSSR count). The lowest BCUT2D eigenvalue weighted by atomic mass is 9.65. The number of nitrogens with one attached hydrogen (secondary N) is 2. The molecule has 7 atom stereocenters.